The molecule has 3 aromatic rings. The van der Waals surface area contributed by atoms with Crippen LogP contribution in [0.4, 0.5) is 13.2 Å². The van der Waals surface area contributed by atoms with Gasteiger partial charge in [0.15, 0.2) is 16.0 Å². The molecule has 5 N–H and O–H groups in total. The number of rotatable bonds is 3. The maximum Gasteiger partial charge on any atom is 0.416 e. The van der Waals surface area contributed by atoms with Gasteiger partial charge in [-0.2, -0.15) is 13.2 Å². The van der Waals surface area contributed by atoms with Crippen molar-refractivity contribution in [1.82, 2.24) is 9.97 Å². The topological polar surface area (TPSA) is 123 Å². The van der Waals surface area contributed by atoms with E-state index in [0.29, 0.717) is 51.2 Å². The van der Waals surface area contributed by atoms with Crippen LogP contribution in [0.25, 0.3) is 11.0 Å². The number of alkyl halides is 3. The zero-order chi connectivity index (χ0) is 25.1. The number of carbonyl (C=O) groups excluding carboxylic acids is 1. The minimum absolute atomic E-state index is 0.0276. The number of nitrogens with zero attached hydrogens (tertiary/aromatic N) is 2. The van der Waals surface area contributed by atoms with Crippen molar-refractivity contribution in [1.29, 1.82) is 0 Å². The maximum atomic E-state index is 13.1. The van der Waals surface area contributed by atoms with Crippen molar-refractivity contribution in [3.05, 3.63) is 64.7 Å². The second kappa shape index (κ2) is 8.04. The van der Waals surface area contributed by atoms with E-state index in [2.05, 4.69) is 15.0 Å². The lowest BCUT2D eigenvalue weighted by molar-refractivity contribution is -0.137. The van der Waals surface area contributed by atoms with E-state index in [4.69, 9.17) is 15.9 Å². The van der Waals surface area contributed by atoms with E-state index >= 15 is 0 Å². The van der Waals surface area contributed by atoms with Gasteiger partial charge in [0.25, 0.3) is 0 Å². The number of amidine groups is 1. The van der Waals surface area contributed by atoms with Gasteiger partial charge in [-0.05, 0) is 53.9 Å². The van der Waals surface area contributed by atoms with E-state index in [1.165, 1.54) is 12.3 Å². The van der Waals surface area contributed by atoms with Gasteiger partial charge >= 0.3 is 6.18 Å². The van der Waals surface area contributed by atoms with Crippen molar-refractivity contribution >= 4 is 34.4 Å². The normalized spacial score (nSPS) is 21.5. The predicted molar refractivity (Wildman–Crippen MR) is 126 cm³/mol. The van der Waals surface area contributed by atoms with Crippen molar-refractivity contribution in [3.8, 4) is 0 Å². The molecule has 0 fully saturated rings. The second-order valence-electron chi connectivity index (χ2n) is 9.38. The molecular weight excluding hydrogens is 479 g/mol. The number of H-pyrrole nitrogens is 1. The fourth-order valence-corrected chi connectivity index (χ4v) is 5.34. The number of ketones is 1. The Labute approximate surface area is 202 Å². The molecule has 2 aromatic heterocycles. The first-order valence-electron chi connectivity index (χ1n) is 10.8. The average Bonchev–Trinajstić information content (AvgIpc) is 3.37. The van der Waals surface area contributed by atoms with Crippen molar-refractivity contribution < 1.29 is 22.4 Å². The van der Waals surface area contributed by atoms with E-state index in [-0.39, 0.29) is 22.6 Å². The molecule has 1 unspecified atom stereocenters. The summed E-state index contributed by atoms with van der Waals surface area (Å²) in [5, 5.41) is 0.813. The van der Waals surface area contributed by atoms with Crippen molar-refractivity contribution in [3.63, 3.8) is 0 Å². The Kier molecular flexibility index (Phi) is 5.35. The van der Waals surface area contributed by atoms with Crippen molar-refractivity contribution in [2.75, 3.05) is 0 Å². The second-order valence-corrected chi connectivity index (χ2v) is 10.4. The Balaban J connectivity index is 1.47. The molecule has 0 amide bonds. The number of nitrogens with one attached hydrogen (secondary N) is 1. The smallest absolute Gasteiger partial charge is 0.416 e. The van der Waals surface area contributed by atoms with Gasteiger partial charge in [-0.1, -0.05) is 13.8 Å². The van der Waals surface area contributed by atoms with Crippen LogP contribution in [0, 0.1) is 5.41 Å². The molecule has 1 aliphatic heterocycles. The Morgan fingerprint density at radius 3 is 2.71 bits per heavy atom. The third kappa shape index (κ3) is 4.24. The lowest BCUT2D eigenvalue weighted by atomic mass is 9.70. The monoisotopic (exact) mass is 501 g/mol. The standard InChI is InChI=1S/C24H22F3N5O2S/c1-23(2)8-15-20(16(33)9-23)19(12(10-28)21(29)30-15)17-5-6-18(34-17)35-22-31-13-4-3-11(24(25,26)27)7-14(13)32-22/h3-7,10,19H,8-9,28H2,1-2H3,(H2,29,30)(H,31,32)/b12-10-. The first-order valence-corrected chi connectivity index (χ1v) is 11.6. The number of aromatic amines is 1. The number of hydrogen-bond acceptors (Lipinski definition) is 7. The van der Waals surface area contributed by atoms with Gasteiger partial charge < -0.3 is 20.9 Å². The first kappa shape index (κ1) is 23.3. The van der Waals surface area contributed by atoms with Crippen LogP contribution in [0.5, 0.6) is 0 Å². The van der Waals surface area contributed by atoms with Gasteiger partial charge in [0.05, 0.1) is 28.2 Å². The van der Waals surface area contributed by atoms with Gasteiger partial charge in [0.2, 0.25) is 0 Å². The van der Waals surface area contributed by atoms with Crippen molar-refractivity contribution in [2.45, 2.75) is 49.0 Å². The summed E-state index contributed by atoms with van der Waals surface area (Å²) in [7, 11) is 0. The number of furan rings is 1. The number of benzene rings is 1. The molecule has 1 atom stereocenters. The number of carbonyl (C=O) groups is 1. The quantitative estimate of drug-likeness (QED) is 0.450. The summed E-state index contributed by atoms with van der Waals surface area (Å²) in [6, 6.07) is 6.77. The highest BCUT2D eigenvalue weighted by atomic mass is 32.2. The largest absolute Gasteiger partial charge is 0.453 e. The molecule has 35 heavy (non-hydrogen) atoms. The molecule has 0 spiro atoms. The van der Waals surface area contributed by atoms with Gasteiger partial charge in [-0.25, -0.2) is 9.98 Å². The summed E-state index contributed by atoms with van der Waals surface area (Å²) in [4.78, 5) is 24.8. The van der Waals surface area contributed by atoms with Crippen LogP contribution in [-0.4, -0.2) is 21.6 Å². The summed E-state index contributed by atoms with van der Waals surface area (Å²) in [5.41, 5.74) is 13.4. The minimum Gasteiger partial charge on any atom is -0.453 e. The number of allylic oxidation sites excluding steroid dienone is 2. The summed E-state index contributed by atoms with van der Waals surface area (Å²) in [5.74, 6) is 0.0962. The molecule has 1 aliphatic carbocycles. The van der Waals surface area contributed by atoms with E-state index < -0.39 is 17.7 Å². The summed E-state index contributed by atoms with van der Waals surface area (Å²) in [6.07, 6.45) is -2.13. The third-order valence-corrected chi connectivity index (χ3v) is 6.91. The van der Waals surface area contributed by atoms with Crippen molar-refractivity contribution in [2.24, 2.45) is 21.9 Å². The molecule has 3 heterocycles. The molecule has 11 heteroatoms. The molecule has 0 radical (unpaired) electrons. The van der Waals surface area contributed by atoms with E-state index in [0.717, 1.165) is 23.9 Å². The molecule has 0 bridgehead atoms. The highest BCUT2D eigenvalue weighted by Gasteiger charge is 2.42. The Bertz CT molecular complexity index is 1440. The van der Waals surface area contributed by atoms with Crippen LogP contribution in [0.3, 0.4) is 0 Å². The number of nitrogens with two attached hydrogens (primary N) is 2. The maximum absolute atomic E-state index is 13.1. The Morgan fingerprint density at radius 2 is 2.00 bits per heavy atom. The van der Waals surface area contributed by atoms with Gasteiger partial charge in [0.1, 0.15) is 11.6 Å². The number of hydrogen-bond donors (Lipinski definition) is 3. The third-order valence-electron chi connectivity index (χ3n) is 6.10. The number of fused-ring (bicyclic) bond motifs is 1. The summed E-state index contributed by atoms with van der Waals surface area (Å²) >= 11 is 1.12. The molecule has 7 nitrogen and oxygen atoms in total. The van der Waals surface area contributed by atoms with Gasteiger partial charge in [0, 0.05) is 23.8 Å². The fourth-order valence-electron chi connectivity index (χ4n) is 4.57. The van der Waals surface area contributed by atoms with Crippen LogP contribution in [-0.2, 0) is 11.0 Å². The molecule has 2 aliphatic rings. The highest BCUT2D eigenvalue weighted by Crippen LogP contribution is 2.47. The number of Topliss-reactive ketones (excluding diaryl/α,β-unsaturated/α-hetero) is 1. The van der Waals surface area contributed by atoms with E-state index in [1.54, 1.807) is 12.1 Å². The van der Waals surface area contributed by atoms with Crippen LogP contribution >= 0.6 is 11.8 Å². The number of imidazole rings is 1. The van der Waals surface area contributed by atoms with E-state index in [1.807, 2.05) is 13.8 Å². The Hall–Kier alpha value is -3.47. The van der Waals surface area contributed by atoms with Crippen LogP contribution in [0.15, 0.2) is 73.0 Å². The molecular formula is C24H22F3N5O2S. The average molecular weight is 502 g/mol. The Morgan fingerprint density at radius 1 is 1.23 bits per heavy atom. The molecule has 0 saturated carbocycles. The fraction of sp³-hybridized carbons (Fsp3) is 0.292. The molecule has 0 saturated heterocycles. The lowest BCUT2D eigenvalue weighted by Crippen LogP contribution is -2.35. The first-order chi connectivity index (χ1) is 16.4. The number of aliphatic imine (C=N–C) groups is 1. The summed E-state index contributed by atoms with van der Waals surface area (Å²) in [6.45, 7) is 4.02. The SMILES string of the molecule is CC1(C)CC(=O)C2=C(C1)N=C(N)/C(=C\N)C2c1ccc(Sc2nc3ccc(C(F)(F)F)cc3[nH]2)o1. The lowest BCUT2D eigenvalue weighted by Gasteiger charge is -2.36. The van der Waals surface area contributed by atoms with Gasteiger partial charge in [-0.15, -0.1) is 0 Å². The summed E-state index contributed by atoms with van der Waals surface area (Å²) < 4.78 is 45.1. The van der Waals surface area contributed by atoms with Crippen LogP contribution in [0.2, 0.25) is 0 Å². The van der Waals surface area contributed by atoms with Crippen LogP contribution in [0.1, 0.15) is 43.9 Å². The van der Waals surface area contributed by atoms with E-state index in [9.17, 15) is 18.0 Å². The number of halogens is 3. The predicted octanol–water partition coefficient (Wildman–Crippen LogP) is 5.27. The van der Waals surface area contributed by atoms with Gasteiger partial charge in [-0.3, -0.25) is 4.79 Å². The highest BCUT2D eigenvalue weighted by molar-refractivity contribution is 7.99. The molecule has 1 aromatic carbocycles. The molecule has 182 valence electrons. The minimum atomic E-state index is -4.44. The molecule has 5 rings (SSSR count). The zero-order valence-electron chi connectivity index (χ0n) is 18.9. The van der Waals surface area contributed by atoms with Crippen LogP contribution < -0.4 is 11.5 Å². The zero-order valence-corrected chi connectivity index (χ0v) is 19.7. The number of aromatic nitrogens is 2.